The van der Waals surface area contributed by atoms with Crippen LogP contribution in [0.5, 0.6) is 0 Å². The van der Waals surface area contributed by atoms with E-state index in [2.05, 4.69) is 22.0 Å². The van der Waals surface area contributed by atoms with Crippen LogP contribution in [0.25, 0.3) is 11.1 Å². The molecule has 26 heavy (non-hydrogen) atoms. The van der Waals surface area contributed by atoms with Gasteiger partial charge in [-0.25, -0.2) is 4.79 Å². The van der Waals surface area contributed by atoms with Crippen LogP contribution in [0.4, 0.5) is 0 Å². The molecule has 3 rings (SSSR count). The third-order valence-corrected chi connectivity index (χ3v) is 4.48. The molecule has 130 valence electrons. The van der Waals surface area contributed by atoms with Gasteiger partial charge in [0, 0.05) is 29.0 Å². The lowest BCUT2D eigenvalue weighted by atomic mass is 10.1. The summed E-state index contributed by atoms with van der Waals surface area (Å²) in [5.41, 5.74) is 3.92. The van der Waals surface area contributed by atoms with E-state index < -0.39 is 0 Å². The molecule has 0 atom stereocenters. The van der Waals surface area contributed by atoms with E-state index in [-0.39, 0.29) is 5.97 Å². The Balaban J connectivity index is 1.99. The molecule has 0 aliphatic heterocycles. The minimum absolute atomic E-state index is 0.327. The molecule has 0 spiro atoms. The third kappa shape index (κ3) is 4.04. The van der Waals surface area contributed by atoms with Gasteiger partial charge in [0.25, 0.3) is 0 Å². The van der Waals surface area contributed by atoms with Gasteiger partial charge < -0.3 is 9.30 Å². The fraction of sp³-hybridized carbons (Fsp3) is 0.143. The lowest BCUT2D eigenvalue weighted by Crippen LogP contribution is -2.05. The number of hydrogen-bond acceptors (Lipinski definition) is 3. The van der Waals surface area contributed by atoms with Gasteiger partial charge in [0.2, 0.25) is 0 Å². The van der Waals surface area contributed by atoms with E-state index in [1.54, 1.807) is 19.2 Å². The van der Waals surface area contributed by atoms with Crippen molar-refractivity contribution in [1.29, 1.82) is 5.26 Å². The number of benzene rings is 2. The molecule has 0 fully saturated rings. The van der Waals surface area contributed by atoms with Gasteiger partial charge in [-0.3, -0.25) is 0 Å². The fourth-order valence-electron chi connectivity index (χ4n) is 2.78. The standard InChI is InChI=1S/C21H17BrN2O2/c1-2-26-21(25)20-14-24(12-16-5-3-4-15(10-16)11-23)13-19(20)17-6-8-18(22)9-7-17/h3-10,13-14H,2,12H2,1H3. The molecule has 4 nitrogen and oxygen atoms in total. The molecule has 0 unspecified atom stereocenters. The Morgan fingerprint density at radius 1 is 1.19 bits per heavy atom. The Labute approximate surface area is 160 Å². The first-order valence-electron chi connectivity index (χ1n) is 8.22. The van der Waals surface area contributed by atoms with Crippen molar-refractivity contribution in [3.05, 3.63) is 82.1 Å². The molecule has 0 saturated heterocycles. The highest BCUT2D eigenvalue weighted by Gasteiger charge is 2.17. The van der Waals surface area contributed by atoms with Crippen molar-refractivity contribution in [2.75, 3.05) is 6.61 Å². The molecule has 0 radical (unpaired) electrons. The monoisotopic (exact) mass is 408 g/mol. The fourth-order valence-corrected chi connectivity index (χ4v) is 3.04. The van der Waals surface area contributed by atoms with Crippen molar-refractivity contribution in [2.24, 2.45) is 0 Å². The smallest absolute Gasteiger partial charge is 0.340 e. The van der Waals surface area contributed by atoms with Gasteiger partial charge in [0.1, 0.15) is 0 Å². The Morgan fingerprint density at radius 3 is 2.65 bits per heavy atom. The lowest BCUT2D eigenvalue weighted by Gasteiger charge is -2.04. The Morgan fingerprint density at radius 2 is 1.96 bits per heavy atom. The molecule has 1 aromatic heterocycles. The number of nitrogens with zero attached hydrogens (tertiary/aromatic N) is 2. The number of hydrogen-bond donors (Lipinski definition) is 0. The van der Waals surface area contributed by atoms with Gasteiger partial charge in [0.05, 0.1) is 23.8 Å². The normalized spacial score (nSPS) is 10.3. The van der Waals surface area contributed by atoms with Crippen LogP contribution >= 0.6 is 15.9 Å². The number of halogens is 1. The Bertz CT molecular complexity index is 968. The summed E-state index contributed by atoms with van der Waals surface area (Å²) in [4.78, 5) is 12.4. The Kier molecular flexibility index (Phi) is 5.55. The molecule has 0 aliphatic rings. The van der Waals surface area contributed by atoms with Crippen molar-refractivity contribution in [3.63, 3.8) is 0 Å². The minimum Gasteiger partial charge on any atom is -0.462 e. The molecule has 1 heterocycles. The predicted molar refractivity (Wildman–Crippen MR) is 104 cm³/mol. The summed E-state index contributed by atoms with van der Waals surface area (Å²) in [6.07, 6.45) is 3.74. The SMILES string of the molecule is CCOC(=O)c1cn(Cc2cccc(C#N)c2)cc1-c1ccc(Br)cc1. The van der Waals surface area contributed by atoms with E-state index in [0.717, 1.165) is 21.2 Å². The molecule has 5 heteroatoms. The summed E-state index contributed by atoms with van der Waals surface area (Å²) < 4.78 is 8.13. The van der Waals surface area contributed by atoms with E-state index in [1.807, 2.05) is 53.2 Å². The summed E-state index contributed by atoms with van der Waals surface area (Å²) in [5, 5.41) is 9.06. The molecule has 0 amide bonds. The number of aromatic nitrogens is 1. The predicted octanol–water partition coefficient (Wildman–Crippen LogP) is 5.01. The van der Waals surface area contributed by atoms with Crippen molar-refractivity contribution in [3.8, 4) is 17.2 Å². The zero-order valence-corrected chi connectivity index (χ0v) is 15.9. The topological polar surface area (TPSA) is 55.0 Å². The van der Waals surface area contributed by atoms with Crippen LogP contribution in [0.15, 0.2) is 65.4 Å². The number of rotatable bonds is 5. The summed E-state index contributed by atoms with van der Waals surface area (Å²) >= 11 is 3.43. The van der Waals surface area contributed by atoms with Crippen LogP contribution in [0, 0.1) is 11.3 Å². The number of carbonyl (C=O) groups is 1. The molecule has 2 aromatic carbocycles. The summed E-state index contributed by atoms with van der Waals surface area (Å²) in [6, 6.07) is 17.4. The molecule has 0 saturated carbocycles. The average molecular weight is 409 g/mol. The summed E-state index contributed by atoms with van der Waals surface area (Å²) in [5.74, 6) is -0.338. The summed E-state index contributed by atoms with van der Waals surface area (Å²) in [6.45, 7) is 2.69. The van der Waals surface area contributed by atoms with Crippen LogP contribution in [0.1, 0.15) is 28.4 Å². The maximum Gasteiger partial charge on any atom is 0.340 e. The van der Waals surface area contributed by atoms with Gasteiger partial charge in [-0.2, -0.15) is 5.26 Å². The van der Waals surface area contributed by atoms with Crippen LogP contribution in [-0.4, -0.2) is 17.1 Å². The number of nitriles is 1. The quantitative estimate of drug-likeness (QED) is 0.557. The van der Waals surface area contributed by atoms with Crippen molar-refractivity contribution < 1.29 is 9.53 Å². The van der Waals surface area contributed by atoms with Crippen molar-refractivity contribution in [2.45, 2.75) is 13.5 Å². The van der Waals surface area contributed by atoms with Gasteiger partial charge in [-0.1, -0.05) is 40.2 Å². The molecule has 3 aromatic rings. The first-order chi connectivity index (χ1) is 12.6. The van der Waals surface area contributed by atoms with E-state index in [0.29, 0.717) is 24.3 Å². The minimum atomic E-state index is -0.338. The Hall–Kier alpha value is -2.84. The van der Waals surface area contributed by atoms with Crippen LogP contribution in [-0.2, 0) is 11.3 Å². The first-order valence-corrected chi connectivity index (χ1v) is 9.02. The van der Waals surface area contributed by atoms with Gasteiger partial charge >= 0.3 is 5.97 Å². The average Bonchev–Trinajstić information content (AvgIpc) is 3.06. The number of ether oxygens (including phenoxy) is 1. The van der Waals surface area contributed by atoms with Crippen LogP contribution in [0.2, 0.25) is 0 Å². The second-order valence-corrected chi connectivity index (χ2v) is 6.71. The molecular weight excluding hydrogens is 392 g/mol. The summed E-state index contributed by atoms with van der Waals surface area (Å²) in [7, 11) is 0. The van der Waals surface area contributed by atoms with Gasteiger partial charge in [0.15, 0.2) is 0 Å². The van der Waals surface area contributed by atoms with Gasteiger partial charge in [-0.05, 0) is 42.3 Å². The number of carbonyl (C=O) groups excluding carboxylic acids is 1. The van der Waals surface area contributed by atoms with E-state index >= 15 is 0 Å². The maximum absolute atomic E-state index is 12.4. The zero-order chi connectivity index (χ0) is 18.5. The van der Waals surface area contributed by atoms with Gasteiger partial charge in [-0.15, -0.1) is 0 Å². The van der Waals surface area contributed by atoms with E-state index in [4.69, 9.17) is 10.00 Å². The highest BCUT2D eigenvalue weighted by Crippen LogP contribution is 2.27. The van der Waals surface area contributed by atoms with Crippen molar-refractivity contribution in [1.82, 2.24) is 4.57 Å². The molecule has 0 bridgehead atoms. The lowest BCUT2D eigenvalue weighted by molar-refractivity contribution is 0.0527. The molecular formula is C21H17BrN2O2. The third-order valence-electron chi connectivity index (χ3n) is 3.95. The zero-order valence-electron chi connectivity index (χ0n) is 14.3. The largest absolute Gasteiger partial charge is 0.462 e. The second kappa shape index (κ2) is 8.03. The van der Waals surface area contributed by atoms with Crippen molar-refractivity contribution >= 4 is 21.9 Å². The molecule has 0 aliphatic carbocycles. The van der Waals surface area contributed by atoms with Crippen LogP contribution < -0.4 is 0 Å². The van der Waals surface area contributed by atoms with Crippen LogP contribution in [0.3, 0.4) is 0 Å². The van der Waals surface area contributed by atoms with E-state index in [1.165, 1.54) is 0 Å². The maximum atomic E-state index is 12.4. The highest BCUT2D eigenvalue weighted by molar-refractivity contribution is 9.10. The number of esters is 1. The van der Waals surface area contributed by atoms with E-state index in [9.17, 15) is 4.79 Å². The molecule has 0 N–H and O–H groups in total. The highest BCUT2D eigenvalue weighted by atomic mass is 79.9. The second-order valence-electron chi connectivity index (χ2n) is 5.80. The first kappa shape index (κ1) is 18.0.